The van der Waals surface area contributed by atoms with E-state index in [9.17, 15) is 14.7 Å². The largest absolute Gasteiger partial charge is 0.495 e. The first-order valence-corrected chi connectivity index (χ1v) is 11.8. The maximum atomic E-state index is 13.0. The van der Waals surface area contributed by atoms with Crippen molar-refractivity contribution < 1.29 is 19.4 Å². The van der Waals surface area contributed by atoms with E-state index >= 15 is 0 Å². The summed E-state index contributed by atoms with van der Waals surface area (Å²) < 4.78 is 5.32. The number of aryl methyl sites for hydroxylation is 1. The van der Waals surface area contributed by atoms with Crippen LogP contribution in [0.3, 0.4) is 0 Å². The number of urea groups is 1. The number of anilines is 1. The van der Waals surface area contributed by atoms with Gasteiger partial charge in [0.15, 0.2) is 0 Å². The summed E-state index contributed by atoms with van der Waals surface area (Å²) in [6.45, 7) is 2.33. The number of ether oxygens (including phenoxy) is 1. The summed E-state index contributed by atoms with van der Waals surface area (Å²) in [6, 6.07) is 23.0. The quantitative estimate of drug-likeness (QED) is 0.592. The van der Waals surface area contributed by atoms with Gasteiger partial charge in [-0.2, -0.15) is 0 Å². The summed E-state index contributed by atoms with van der Waals surface area (Å²) in [5.41, 5.74) is 5.08. The van der Waals surface area contributed by atoms with Gasteiger partial charge in [0.05, 0.1) is 31.5 Å². The lowest BCUT2D eigenvalue weighted by Gasteiger charge is -2.58. The molecule has 0 unspecified atom stereocenters. The van der Waals surface area contributed by atoms with Crippen LogP contribution in [0.15, 0.2) is 72.8 Å². The van der Waals surface area contributed by atoms with Crippen molar-refractivity contribution >= 4 is 17.6 Å². The highest BCUT2D eigenvalue weighted by Gasteiger charge is 2.54. The van der Waals surface area contributed by atoms with Gasteiger partial charge in [0.25, 0.3) is 0 Å². The highest BCUT2D eigenvalue weighted by atomic mass is 16.5. The van der Waals surface area contributed by atoms with Crippen molar-refractivity contribution in [1.29, 1.82) is 0 Å². The number of para-hydroxylation sites is 2. The fourth-order valence-corrected chi connectivity index (χ4v) is 5.24. The highest BCUT2D eigenvalue weighted by Crippen LogP contribution is 2.43. The normalized spacial score (nSPS) is 21.2. The van der Waals surface area contributed by atoms with Crippen LogP contribution in [-0.4, -0.2) is 65.7 Å². The minimum Gasteiger partial charge on any atom is -0.495 e. The number of aliphatic hydroxyl groups is 1. The zero-order valence-corrected chi connectivity index (χ0v) is 19.8. The summed E-state index contributed by atoms with van der Waals surface area (Å²) in [4.78, 5) is 29.2. The van der Waals surface area contributed by atoms with Gasteiger partial charge in [-0.1, -0.05) is 66.2 Å². The van der Waals surface area contributed by atoms with Gasteiger partial charge in [-0.15, -0.1) is 0 Å². The van der Waals surface area contributed by atoms with E-state index in [1.165, 1.54) is 10.5 Å². The van der Waals surface area contributed by atoms with Crippen LogP contribution in [0.4, 0.5) is 10.5 Å². The molecule has 2 N–H and O–H groups in total. The molecule has 2 fully saturated rings. The minimum atomic E-state index is -0.344. The van der Waals surface area contributed by atoms with Crippen LogP contribution in [0.2, 0.25) is 0 Å². The highest BCUT2D eigenvalue weighted by molar-refractivity contribution is 5.94. The van der Waals surface area contributed by atoms with E-state index in [-0.39, 0.29) is 43.1 Å². The number of rotatable bonds is 5. The van der Waals surface area contributed by atoms with Gasteiger partial charge in [0.2, 0.25) is 5.91 Å². The van der Waals surface area contributed by atoms with Crippen LogP contribution < -0.4 is 10.1 Å². The number of fused-ring (bicyclic) bond motifs is 1. The van der Waals surface area contributed by atoms with Gasteiger partial charge in [-0.25, -0.2) is 4.79 Å². The third-order valence-corrected chi connectivity index (χ3v) is 7.07. The van der Waals surface area contributed by atoms with Crippen LogP contribution in [0, 0.1) is 6.92 Å². The summed E-state index contributed by atoms with van der Waals surface area (Å²) in [6.07, 6.45) is 0. The molecule has 2 saturated heterocycles. The van der Waals surface area contributed by atoms with E-state index in [0.717, 1.165) is 16.7 Å². The number of amides is 3. The summed E-state index contributed by atoms with van der Waals surface area (Å²) in [7, 11) is 1.55. The summed E-state index contributed by atoms with van der Waals surface area (Å²) in [5.74, 6) is 0.363. The lowest BCUT2D eigenvalue weighted by molar-refractivity contribution is -0.159. The Morgan fingerprint density at radius 2 is 1.69 bits per heavy atom. The van der Waals surface area contributed by atoms with Crippen molar-refractivity contribution in [2.75, 3.05) is 32.1 Å². The lowest BCUT2D eigenvalue weighted by Crippen LogP contribution is -2.73. The third-order valence-electron chi connectivity index (χ3n) is 7.07. The second-order valence-electron chi connectivity index (χ2n) is 9.14. The molecule has 3 aromatic carbocycles. The fourth-order valence-electron chi connectivity index (χ4n) is 5.24. The Hall–Kier alpha value is -3.84. The fraction of sp³-hybridized carbons (Fsp3) is 0.286. The SMILES string of the molecule is COc1ccccc1NC(=O)N1CC(=O)N2[C@H](CO)[C@@H](c3ccc(-c4ccc(C)cc4)cc3)[C@@H]2C1. The number of hydrogen-bond acceptors (Lipinski definition) is 4. The van der Waals surface area contributed by atoms with E-state index in [1.807, 2.05) is 12.1 Å². The Morgan fingerprint density at radius 3 is 2.34 bits per heavy atom. The molecule has 7 heteroatoms. The molecule has 0 spiro atoms. The molecule has 5 rings (SSSR count). The number of methoxy groups -OCH3 is 1. The summed E-state index contributed by atoms with van der Waals surface area (Å²) >= 11 is 0. The smallest absolute Gasteiger partial charge is 0.322 e. The number of aliphatic hydroxyl groups excluding tert-OH is 1. The van der Waals surface area contributed by atoms with E-state index in [1.54, 1.807) is 24.1 Å². The molecule has 3 atom stereocenters. The molecule has 3 aromatic rings. The molecule has 2 aliphatic rings. The zero-order valence-electron chi connectivity index (χ0n) is 19.8. The molecule has 0 radical (unpaired) electrons. The van der Waals surface area contributed by atoms with Gasteiger partial charge in [-0.3, -0.25) is 4.79 Å². The molecule has 7 nitrogen and oxygen atoms in total. The zero-order chi connectivity index (χ0) is 24.5. The Bertz CT molecular complexity index is 1230. The number of piperazine rings is 1. The van der Waals surface area contributed by atoms with Crippen LogP contribution in [0.5, 0.6) is 5.75 Å². The minimum absolute atomic E-state index is 0.0208. The molecule has 2 aliphatic heterocycles. The standard InChI is InChI=1S/C28H29N3O4/c1-18-7-9-19(10-8-18)20-11-13-21(14-12-20)27-23-15-30(16-26(33)31(23)24(27)17-32)28(34)29-22-5-3-4-6-25(22)35-2/h3-14,23-24,27,32H,15-17H2,1-2H3,(H,29,34)/t23-,24+,27-/m0/s1. The molecule has 2 heterocycles. The van der Waals surface area contributed by atoms with Gasteiger partial charge in [-0.05, 0) is 35.7 Å². The van der Waals surface area contributed by atoms with Crippen molar-refractivity contribution in [1.82, 2.24) is 9.80 Å². The average Bonchev–Trinajstić information content (AvgIpc) is 2.86. The summed E-state index contributed by atoms with van der Waals surface area (Å²) in [5, 5.41) is 12.9. The third kappa shape index (κ3) is 4.23. The molecular weight excluding hydrogens is 442 g/mol. The lowest BCUT2D eigenvalue weighted by atomic mass is 9.73. The molecule has 3 amide bonds. The molecule has 0 aromatic heterocycles. The number of carbonyl (C=O) groups excluding carboxylic acids is 2. The number of nitrogens with zero attached hydrogens (tertiary/aromatic N) is 2. The first-order chi connectivity index (χ1) is 17.0. The van der Waals surface area contributed by atoms with Gasteiger partial charge in [0.1, 0.15) is 12.3 Å². The topological polar surface area (TPSA) is 82.1 Å². The number of nitrogens with one attached hydrogen (secondary N) is 1. The predicted octanol–water partition coefficient (Wildman–Crippen LogP) is 3.87. The number of hydrogen-bond donors (Lipinski definition) is 2. The van der Waals surface area contributed by atoms with E-state index in [0.29, 0.717) is 18.0 Å². The Balaban J connectivity index is 1.34. The Labute approximate surface area is 204 Å². The monoisotopic (exact) mass is 471 g/mol. The van der Waals surface area contributed by atoms with Crippen LogP contribution >= 0.6 is 0 Å². The van der Waals surface area contributed by atoms with Crippen molar-refractivity contribution in [3.8, 4) is 16.9 Å². The van der Waals surface area contributed by atoms with Crippen LogP contribution in [-0.2, 0) is 4.79 Å². The van der Waals surface area contributed by atoms with Crippen molar-refractivity contribution in [3.05, 3.63) is 83.9 Å². The molecule has 0 saturated carbocycles. The first-order valence-electron chi connectivity index (χ1n) is 11.8. The van der Waals surface area contributed by atoms with Gasteiger partial charge in [0, 0.05) is 12.5 Å². The van der Waals surface area contributed by atoms with Crippen molar-refractivity contribution in [3.63, 3.8) is 0 Å². The van der Waals surface area contributed by atoms with E-state index in [4.69, 9.17) is 4.74 Å². The predicted molar refractivity (Wildman–Crippen MR) is 134 cm³/mol. The maximum absolute atomic E-state index is 13.0. The Morgan fingerprint density at radius 1 is 1.03 bits per heavy atom. The van der Waals surface area contributed by atoms with Gasteiger partial charge < -0.3 is 25.0 Å². The van der Waals surface area contributed by atoms with Crippen molar-refractivity contribution in [2.24, 2.45) is 0 Å². The van der Waals surface area contributed by atoms with Gasteiger partial charge >= 0.3 is 6.03 Å². The Kier molecular flexibility index (Phi) is 6.17. The molecule has 35 heavy (non-hydrogen) atoms. The molecule has 0 aliphatic carbocycles. The number of carbonyl (C=O) groups is 2. The van der Waals surface area contributed by atoms with Crippen LogP contribution in [0.25, 0.3) is 11.1 Å². The number of benzene rings is 3. The van der Waals surface area contributed by atoms with E-state index < -0.39 is 0 Å². The second-order valence-corrected chi connectivity index (χ2v) is 9.14. The molecule has 180 valence electrons. The first kappa shape index (κ1) is 22.9. The molecular formula is C28H29N3O4. The van der Waals surface area contributed by atoms with Crippen LogP contribution in [0.1, 0.15) is 17.0 Å². The van der Waals surface area contributed by atoms with Crippen molar-refractivity contribution in [2.45, 2.75) is 24.9 Å². The molecule has 0 bridgehead atoms. The average molecular weight is 472 g/mol. The van der Waals surface area contributed by atoms with E-state index in [2.05, 4.69) is 60.8 Å². The second kappa shape index (κ2) is 9.43. The maximum Gasteiger partial charge on any atom is 0.322 e.